The summed E-state index contributed by atoms with van der Waals surface area (Å²) in [6.07, 6.45) is -5.41. The number of carbonyl (C=O) groups excluding carboxylic acids is 4. The molecule has 2 aromatic rings. The smallest absolute Gasteiger partial charge is 0.303 e. The van der Waals surface area contributed by atoms with Gasteiger partial charge in [0.2, 0.25) is 12.0 Å². The Morgan fingerprint density at radius 2 is 1.51 bits per heavy atom. The number of hydrogen-bond donors (Lipinski definition) is 5. The first-order valence-corrected chi connectivity index (χ1v) is 12.1. The van der Waals surface area contributed by atoms with Crippen molar-refractivity contribution in [3.63, 3.8) is 0 Å². The zero-order valence-corrected chi connectivity index (χ0v) is 22.0. The molecular weight excluding hydrogens is 548 g/mol. The third-order valence-corrected chi connectivity index (χ3v) is 5.72. The molecule has 0 aromatic heterocycles. The number of benzene rings is 2. The molecule has 2 aromatic carbocycles. The van der Waals surface area contributed by atoms with Gasteiger partial charge in [0.1, 0.15) is 18.8 Å². The molecule has 14 nitrogen and oxygen atoms in total. The largest absolute Gasteiger partial charge is 0.504 e. The molecule has 5 N–H and O–H groups in total. The van der Waals surface area contributed by atoms with Crippen LogP contribution in [0.15, 0.2) is 36.4 Å². The standard InChI is InChI=1S/C27H28O14/c1-12(28)37-11-21-25(38-13(2)29)24(36)26(39-14(3)30)27(41-21)40-20-9-6-16(22(34)23(20)35)17(31)7-4-15-5-8-18(32)19(33)10-15/h4-10,21,24-27,32-36H,11H2,1-3H3/b7-4+/t21?,24-,25+,26?,27+/m0/s1. The van der Waals surface area contributed by atoms with E-state index in [0.29, 0.717) is 5.56 Å². The second kappa shape index (κ2) is 13.0. The summed E-state index contributed by atoms with van der Waals surface area (Å²) in [6, 6.07) is 6.05. The second-order valence-electron chi connectivity index (χ2n) is 8.86. The highest BCUT2D eigenvalue weighted by Crippen LogP contribution is 2.40. The topological polar surface area (TPSA) is 216 Å². The van der Waals surface area contributed by atoms with Gasteiger partial charge in [-0.05, 0) is 35.9 Å². The number of hydrogen-bond acceptors (Lipinski definition) is 14. The van der Waals surface area contributed by atoms with Crippen molar-refractivity contribution in [2.24, 2.45) is 0 Å². The minimum Gasteiger partial charge on any atom is -0.504 e. The maximum Gasteiger partial charge on any atom is 0.303 e. The molecular formula is C27H28O14. The van der Waals surface area contributed by atoms with Crippen LogP contribution >= 0.6 is 0 Å². The fraction of sp³-hybridized carbons (Fsp3) is 0.333. The highest BCUT2D eigenvalue weighted by molar-refractivity contribution is 6.09. The van der Waals surface area contributed by atoms with Gasteiger partial charge >= 0.3 is 17.9 Å². The number of ether oxygens (including phenoxy) is 5. The minimum absolute atomic E-state index is 0.335. The first-order chi connectivity index (χ1) is 19.3. The lowest BCUT2D eigenvalue weighted by Gasteiger charge is -2.42. The molecule has 0 aliphatic carbocycles. The summed E-state index contributed by atoms with van der Waals surface area (Å²) in [6.45, 7) is 2.72. The number of ketones is 1. The van der Waals surface area contributed by atoms with Crippen molar-refractivity contribution in [2.75, 3.05) is 6.61 Å². The summed E-state index contributed by atoms with van der Waals surface area (Å²) >= 11 is 0. The first-order valence-electron chi connectivity index (χ1n) is 12.1. The molecule has 1 aliphatic rings. The fourth-order valence-corrected chi connectivity index (χ4v) is 3.86. The molecule has 220 valence electrons. The Morgan fingerprint density at radius 1 is 0.854 bits per heavy atom. The molecule has 1 fully saturated rings. The SMILES string of the molecule is CC(=O)OCC1O[C@@H](Oc2ccc(C(=O)/C=C/c3ccc(O)c(O)c3)c(O)c2O)C(OC(C)=O)[C@@H](O)[C@@H]1OC(C)=O. The summed E-state index contributed by atoms with van der Waals surface area (Å²) < 4.78 is 26.4. The van der Waals surface area contributed by atoms with Gasteiger partial charge in [0, 0.05) is 20.8 Å². The number of rotatable bonds is 9. The fourth-order valence-electron chi connectivity index (χ4n) is 3.86. The van der Waals surface area contributed by atoms with Crippen LogP contribution in [0.3, 0.4) is 0 Å². The van der Waals surface area contributed by atoms with E-state index < -0.39 is 84.0 Å². The molecule has 3 rings (SSSR count). The number of aromatic hydroxyl groups is 4. The Labute approximate surface area is 232 Å². The number of esters is 3. The van der Waals surface area contributed by atoms with Gasteiger partial charge in [-0.25, -0.2) is 0 Å². The molecule has 1 saturated heterocycles. The van der Waals surface area contributed by atoms with Crippen molar-refractivity contribution >= 4 is 29.8 Å². The first kappa shape index (κ1) is 30.7. The maximum absolute atomic E-state index is 12.6. The van der Waals surface area contributed by atoms with Crippen LogP contribution in [0.2, 0.25) is 0 Å². The van der Waals surface area contributed by atoms with Crippen LogP contribution in [0.5, 0.6) is 28.7 Å². The molecule has 5 atom stereocenters. The average Bonchev–Trinajstić information content (AvgIpc) is 2.89. The van der Waals surface area contributed by atoms with E-state index in [1.54, 1.807) is 0 Å². The van der Waals surface area contributed by atoms with Crippen LogP contribution in [0.25, 0.3) is 6.08 Å². The number of carbonyl (C=O) groups is 4. The lowest BCUT2D eigenvalue weighted by atomic mass is 9.98. The molecule has 1 aliphatic heterocycles. The summed E-state index contributed by atoms with van der Waals surface area (Å²) in [7, 11) is 0. The van der Waals surface area contributed by atoms with E-state index in [2.05, 4.69) is 0 Å². The van der Waals surface area contributed by atoms with Gasteiger partial charge in [0.15, 0.2) is 41.0 Å². The molecule has 0 spiro atoms. The van der Waals surface area contributed by atoms with Crippen LogP contribution in [0.4, 0.5) is 0 Å². The van der Waals surface area contributed by atoms with Crippen molar-refractivity contribution in [2.45, 2.75) is 51.5 Å². The summed E-state index contributed by atoms with van der Waals surface area (Å²) in [4.78, 5) is 47.3. The van der Waals surface area contributed by atoms with Crippen LogP contribution in [-0.4, -0.2) is 86.5 Å². The van der Waals surface area contributed by atoms with Gasteiger partial charge in [-0.2, -0.15) is 0 Å². The lowest BCUT2D eigenvalue weighted by molar-refractivity contribution is -0.285. The van der Waals surface area contributed by atoms with Crippen LogP contribution in [0, 0.1) is 0 Å². The monoisotopic (exact) mass is 576 g/mol. The summed E-state index contributed by atoms with van der Waals surface area (Å²) in [5, 5.41) is 51.0. The van der Waals surface area contributed by atoms with Crippen molar-refractivity contribution < 1.29 is 68.4 Å². The Morgan fingerprint density at radius 3 is 2.12 bits per heavy atom. The van der Waals surface area contributed by atoms with E-state index in [1.807, 2.05) is 0 Å². The number of aliphatic hydroxyl groups excluding tert-OH is 1. The third kappa shape index (κ3) is 7.64. The molecule has 0 amide bonds. The normalized spacial score (nSPS) is 22.1. The summed E-state index contributed by atoms with van der Waals surface area (Å²) in [5.74, 6) is -6.11. The molecule has 0 radical (unpaired) electrons. The van der Waals surface area contributed by atoms with Gasteiger partial charge in [0.25, 0.3) is 0 Å². The Bertz CT molecular complexity index is 1350. The maximum atomic E-state index is 12.6. The van der Waals surface area contributed by atoms with Crippen molar-refractivity contribution in [1.82, 2.24) is 0 Å². The van der Waals surface area contributed by atoms with Crippen LogP contribution in [0.1, 0.15) is 36.7 Å². The Hall–Kier alpha value is -4.82. The zero-order valence-electron chi connectivity index (χ0n) is 22.0. The highest BCUT2D eigenvalue weighted by Gasteiger charge is 2.51. The average molecular weight is 577 g/mol. The van der Waals surface area contributed by atoms with E-state index in [9.17, 15) is 44.7 Å². The third-order valence-electron chi connectivity index (χ3n) is 5.72. The molecule has 41 heavy (non-hydrogen) atoms. The number of phenols is 4. The molecule has 14 heteroatoms. The Balaban J connectivity index is 1.87. The number of aliphatic hydroxyl groups is 1. The number of allylic oxidation sites excluding steroid dienone is 1. The van der Waals surface area contributed by atoms with Gasteiger partial charge in [-0.1, -0.05) is 12.1 Å². The molecule has 2 unspecified atom stereocenters. The van der Waals surface area contributed by atoms with Crippen molar-refractivity contribution in [1.29, 1.82) is 0 Å². The predicted molar refractivity (Wildman–Crippen MR) is 136 cm³/mol. The Kier molecular flexibility index (Phi) is 9.76. The van der Waals surface area contributed by atoms with Crippen LogP contribution < -0.4 is 4.74 Å². The minimum atomic E-state index is -1.73. The van der Waals surface area contributed by atoms with Crippen molar-refractivity contribution in [3.05, 3.63) is 47.5 Å². The zero-order chi connectivity index (χ0) is 30.4. The molecule has 0 saturated carbocycles. The van der Waals surface area contributed by atoms with E-state index >= 15 is 0 Å². The van der Waals surface area contributed by atoms with E-state index in [1.165, 1.54) is 24.3 Å². The molecule has 1 heterocycles. The number of phenolic OH excluding ortho intramolecular Hbond substituents is 4. The quantitative estimate of drug-likeness (QED) is 0.0935. The van der Waals surface area contributed by atoms with Crippen molar-refractivity contribution in [3.8, 4) is 28.7 Å². The van der Waals surface area contributed by atoms with Gasteiger partial charge in [0.05, 0.1) is 5.56 Å². The van der Waals surface area contributed by atoms with Gasteiger partial charge in [-0.15, -0.1) is 0 Å². The van der Waals surface area contributed by atoms with E-state index in [0.717, 1.165) is 39.0 Å². The highest BCUT2D eigenvalue weighted by atomic mass is 16.7. The van der Waals surface area contributed by atoms with Gasteiger partial charge < -0.3 is 49.2 Å². The van der Waals surface area contributed by atoms with Crippen LogP contribution in [-0.2, 0) is 33.3 Å². The van der Waals surface area contributed by atoms with E-state index in [-0.39, 0.29) is 11.3 Å². The molecule has 0 bridgehead atoms. The predicted octanol–water partition coefficient (Wildman–Crippen LogP) is 1.30. The lowest BCUT2D eigenvalue weighted by Crippen LogP contribution is -2.62. The van der Waals surface area contributed by atoms with E-state index in [4.69, 9.17) is 23.7 Å². The van der Waals surface area contributed by atoms with Gasteiger partial charge in [-0.3, -0.25) is 19.2 Å². The summed E-state index contributed by atoms with van der Waals surface area (Å²) in [5.41, 5.74) is 0.0232. The second-order valence-corrected chi connectivity index (χ2v) is 8.86.